The first-order valence-corrected chi connectivity index (χ1v) is 15.8. The second-order valence-electron chi connectivity index (χ2n) is 10.8. The molecule has 14 heteroatoms. The Labute approximate surface area is 294 Å². The molecule has 0 bridgehead atoms. The van der Waals surface area contributed by atoms with Gasteiger partial charge in [-0.15, -0.1) is 10.2 Å². The van der Waals surface area contributed by atoms with E-state index in [2.05, 4.69) is 46.1 Å². The van der Waals surface area contributed by atoms with Gasteiger partial charge >= 0.3 is 7.48 Å². The van der Waals surface area contributed by atoms with Gasteiger partial charge in [-0.3, -0.25) is 9.97 Å². The van der Waals surface area contributed by atoms with E-state index < -0.39 is 0 Å². The van der Waals surface area contributed by atoms with Gasteiger partial charge < -0.3 is 10.5 Å². The summed E-state index contributed by atoms with van der Waals surface area (Å²) in [7, 11) is 0.930. The first-order chi connectivity index (χ1) is 23.8. The summed E-state index contributed by atoms with van der Waals surface area (Å²) in [6, 6.07) is 27.6. The summed E-state index contributed by atoms with van der Waals surface area (Å²) in [6.45, 7) is 3.99. The standard InChI is InChI=1S/C18H13FN4.C12H9BrN4.C6H5BFO.H2O/c1-12-3-2-4-17-21-18(22-23(12)17)15-9-14(10-20-11-15)13-5-7-16(19)8-6-13;1-8-3-2-4-11-15-12(16-17(8)11)9-5-10(13)7-14-6-9;8-6-3-1-5(7-9)2-4-6;/h2-11H,1H3;2-7H,1H3;1-4,9H;1H2. The lowest BCUT2D eigenvalue weighted by Gasteiger charge is -2.02. The largest absolute Gasteiger partial charge is 0.450 e. The highest BCUT2D eigenvalue weighted by Crippen LogP contribution is 2.24. The molecule has 0 fully saturated rings. The van der Waals surface area contributed by atoms with Gasteiger partial charge in [-0.05, 0) is 96.0 Å². The van der Waals surface area contributed by atoms with Crippen LogP contribution >= 0.6 is 15.9 Å². The molecule has 249 valence electrons. The zero-order valence-electron chi connectivity index (χ0n) is 26.8. The van der Waals surface area contributed by atoms with Crippen molar-refractivity contribution in [3.05, 3.63) is 149 Å². The average molecular weight is 734 g/mol. The maximum Gasteiger partial charge on any atom is 0.326 e. The van der Waals surface area contributed by atoms with Gasteiger partial charge in [-0.25, -0.2) is 27.8 Å². The van der Waals surface area contributed by atoms with E-state index in [1.165, 1.54) is 36.4 Å². The van der Waals surface area contributed by atoms with Crippen LogP contribution in [0.5, 0.6) is 0 Å². The Morgan fingerprint density at radius 2 is 1.08 bits per heavy atom. The molecule has 6 aromatic heterocycles. The Kier molecular flexibility index (Phi) is 11.5. The number of fused-ring (bicyclic) bond motifs is 2. The number of rotatable bonds is 4. The lowest BCUT2D eigenvalue weighted by molar-refractivity contribution is 0.614. The molecule has 1 radical (unpaired) electrons. The van der Waals surface area contributed by atoms with Crippen LogP contribution in [0, 0.1) is 25.5 Å². The molecule has 50 heavy (non-hydrogen) atoms. The number of pyridine rings is 4. The molecule has 0 spiro atoms. The molecule has 10 nitrogen and oxygen atoms in total. The van der Waals surface area contributed by atoms with Crippen molar-refractivity contribution in [2.75, 3.05) is 0 Å². The first-order valence-electron chi connectivity index (χ1n) is 15.0. The number of hydrogen-bond acceptors (Lipinski definition) is 7. The number of halogens is 3. The van der Waals surface area contributed by atoms with E-state index in [-0.39, 0.29) is 17.1 Å². The highest BCUT2D eigenvalue weighted by molar-refractivity contribution is 9.10. The molecule has 0 aliphatic rings. The van der Waals surface area contributed by atoms with Gasteiger partial charge in [0.1, 0.15) is 11.6 Å². The van der Waals surface area contributed by atoms with Crippen LogP contribution in [0.1, 0.15) is 11.4 Å². The smallest absolute Gasteiger partial charge is 0.326 e. The fraction of sp³-hybridized carbons (Fsp3) is 0.0556. The number of nitrogens with zero attached hydrogens (tertiary/aromatic N) is 8. The molecule has 0 amide bonds. The molecule has 0 aliphatic carbocycles. The Balaban J connectivity index is 0.000000158. The first kappa shape index (κ1) is 35.6. The van der Waals surface area contributed by atoms with Gasteiger partial charge in [0, 0.05) is 57.3 Å². The highest BCUT2D eigenvalue weighted by atomic mass is 79.9. The molecule has 8 rings (SSSR count). The predicted molar refractivity (Wildman–Crippen MR) is 193 cm³/mol. The van der Waals surface area contributed by atoms with Gasteiger partial charge in [0.2, 0.25) is 0 Å². The summed E-state index contributed by atoms with van der Waals surface area (Å²) in [6.07, 6.45) is 6.98. The number of aryl methyl sites for hydroxylation is 2. The Morgan fingerprint density at radius 1 is 0.600 bits per heavy atom. The molecule has 8 aromatic rings. The van der Waals surface area contributed by atoms with Crippen molar-refractivity contribution >= 4 is 40.2 Å². The Morgan fingerprint density at radius 3 is 1.58 bits per heavy atom. The van der Waals surface area contributed by atoms with Crippen molar-refractivity contribution in [1.82, 2.24) is 39.2 Å². The minimum atomic E-state index is -0.291. The third-order valence-electron chi connectivity index (χ3n) is 7.25. The van der Waals surface area contributed by atoms with Crippen molar-refractivity contribution in [2.45, 2.75) is 13.8 Å². The van der Waals surface area contributed by atoms with Gasteiger partial charge in [-0.2, -0.15) is 0 Å². The van der Waals surface area contributed by atoms with Gasteiger partial charge in [0.25, 0.3) is 0 Å². The third kappa shape index (κ3) is 8.47. The number of benzene rings is 2. The van der Waals surface area contributed by atoms with Crippen molar-refractivity contribution in [1.29, 1.82) is 0 Å². The van der Waals surface area contributed by atoms with Gasteiger partial charge in [0.15, 0.2) is 22.9 Å². The number of aromatic nitrogens is 8. The second kappa shape index (κ2) is 16.1. The summed E-state index contributed by atoms with van der Waals surface area (Å²) >= 11 is 3.39. The van der Waals surface area contributed by atoms with Crippen LogP contribution in [0.4, 0.5) is 8.78 Å². The van der Waals surface area contributed by atoms with E-state index in [1.54, 1.807) is 41.4 Å². The quantitative estimate of drug-likeness (QED) is 0.219. The maximum atomic E-state index is 13.1. The zero-order valence-corrected chi connectivity index (χ0v) is 28.4. The summed E-state index contributed by atoms with van der Waals surface area (Å²) < 4.78 is 29.7. The van der Waals surface area contributed by atoms with Crippen LogP contribution in [-0.4, -0.2) is 57.1 Å². The van der Waals surface area contributed by atoms with Crippen LogP contribution in [0.2, 0.25) is 0 Å². The monoisotopic (exact) mass is 733 g/mol. The zero-order chi connectivity index (χ0) is 34.3. The van der Waals surface area contributed by atoms with Crippen molar-refractivity contribution in [3.63, 3.8) is 0 Å². The lowest BCUT2D eigenvalue weighted by Crippen LogP contribution is -2.11. The Bertz CT molecular complexity index is 2350. The Hall–Kier alpha value is -5.70. The minimum Gasteiger partial charge on any atom is -0.450 e. The molecular weight excluding hydrogens is 705 g/mol. The SMILES string of the molecule is Cc1cccc2nc(-c3cncc(-c4ccc(F)cc4)c3)nn12.Cc1cccc2nc(-c3cncc(Br)c3)nn12.O.O[B]c1ccc(F)cc1. The molecule has 0 unspecified atom stereocenters. The van der Waals surface area contributed by atoms with E-state index in [1.807, 2.05) is 66.9 Å². The van der Waals surface area contributed by atoms with Crippen LogP contribution in [0.25, 0.3) is 45.2 Å². The van der Waals surface area contributed by atoms with Gasteiger partial charge in [0.05, 0.1) is 0 Å². The third-order valence-corrected chi connectivity index (χ3v) is 7.69. The molecule has 2 aromatic carbocycles. The molecular formula is C36H29BBrF2N8O2. The van der Waals surface area contributed by atoms with Crippen LogP contribution < -0.4 is 5.46 Å². The second-order valence-corrected chi connectivity index (χ2v) is 11.7. The van der Waals surface area contributed by atoms with E-state index in [9.17, 15) is 8.78 Å². The van der Waals surface area contributed by atoms with E-state index in [0.717, 1.165) is 56.9 Å². The minimum absolute atomic E-state index is 0. The molecule has 0 aliphatic heterocycles. The molecule has 0 saturated carbocycles. The van der Waals surface area contributed by atoms with Crippen LogP contribution in [0.15, 0.2) is 126 Å². The fourth-order valence-electron chi connectivity index (χ4n) is 4.76. The molecule has 3 N–H and O–H groups in total. The maximum absolute atomic E-state index is 13.1. The summed E-state index contributed by atoms with van der Waals surface area (Å²) in [4.78, 5) is 17.4. The molecule has 0 atom stereocenters. The van der Waals surface area contributed by atoms with Crippen LogP contribution in [-0.2, 0) is 0 Å². The lowest BCUT2D eigenvalue weighted by atomic mass is 9.89. The number of hydrogen-bond donors (Lipinski definition) is 1. The highest BCUT2D eigenvalue weighted by Gasteiger charge is 2.10. The van der Waals surface area contributed by atoms with E-state index in [0.29, 0.717) is 17.1 Å². The summed E-state index contributed by atoms with van der Waals surface area (Å²) in [5, 5.41) is 17.4. The van der Waals surface area contributed by atoms with Crippen molar-refractivity contribution < 1.29 is 19.3 Å². The molecule has 0 saturated heterocycles. The van der Waals surface area contributed by atoms with Crippen LogP contribution in [0.3, 0.4) is 0 Å². The molecule has 6 heterocycles. The van der Waals surface area contributed by atoms with Crippen molar-refractivity contribution in [2.24, 2.45) is 0 Å². The predicted octanol–water partition coefficient (Wildman–Crippen LogP) is 6.01. The average Bonchev–Trinajstić information content (AvgIpc) is 3.77. The van der Waals surface area contributed by atoms with Crippen molar-refractivity contribution in [3.8, 4) is 33.9 Å². The van der Waals surface area contributed by atoms with E-state index in [4.69, 9.17) is 5.02 Å². The summed E-state index contributed by atoms with van der Waals surface area (Å²) in [5.74, 6) is 0.764. The van der Waals surface area contributed by atoms with Gasteiger partial charge in [-0.1, -0.05) is 41.9 Å². The van der Waals surface area contributed by atoms with E-state index >= 15 is 0 Å². The summed E-state index contributed by atoms with van der Waals surface area (Å²) in [5.41, 5.74) is 7.87. The normalized spacial score (nSPS) is 10.4. The topological polar surface area (TPSA) is 138 Å². The fourth-order valence-corrected chi connectivity index (χ4v) is 5.13.